The summed E-state index contributed by atoms with van der Waals surface area (Å²) in [6.45, 7) is 16.8. The fourth-order valence-electron chi connectivity index (χ4n) is 4.05. The van der Waals surface area contributed by atoms with Gasteiger partial charge in [-0.25, -0.2) is 9.50 Å². The van der Waals surface area contributed by atoms with Gasteiger partial charge in [-0.2, -0.15) is 5.10 Å². The van der Waals surface area contributed by atoms with Crippen molar-refractivity contribution in [2.75, 3.05) is 36.4 Å². The Morgan fingerprint density at radius 3 is 2.39 bits per heavy atom. The van der Waals surface area contributed by atoms with Crippen LogP contribution in [0.25, 0.3) is 5.65 Å². The molecule has 1 unspecified atom stereocenters. The lowest BCUT2D eigenvalue weighted by atomic mass is 9.96. The van der Waals surface area contributed by atoms with Gasteiger partial charge in [-0.1, -0.05) is 62.6 Å². The molecule has 3 aromatic rings. The standard InChI is InChI=1S/C17H24N6.C7H7B.C2H6/c1-13-5-9-22(12-13)14(2)19-15-11-18-23-10-6-16(20-17(15)23)21-7-3-4-8-21;1-6-2-4-7(8)5-3-6;1-2/h6,10-11,13,19H,2-5,7-9,12H2,1H3;2-5H,1H3;1-2H3. The molecule has 1 N–H and O–H groups in total. The molecule has 174 valence electrons. The highest BCUT2D eigenvalue weighted by molar-refractivity contribution is 6.32. The third kappa shape index (κ3) is 6.53. The number of benzene rings is 1. The number of aromatic nitrogens is 3. The zero-order valence-electron chi connectivity index (χ0n) is 20.6. The number of nitrogens with one attached hydrogen (secondary N) is 1. The molecular formula is C26H37BN6. The van der Waals surface area contributed by atoms with E-state index in [-0.39, 0.29) is 0 Å². The summed E-state index contributed by atoms with van der Waals surface area (Å²) >= 11 is 0. The summed E-state index contributed by atoms with van der Waals surface area (Å²) in [7, 11) is 5.43. The molecule has 1 aromatic carbocycles. The number of anilines is 2. The highest BCUT2D eigenvalue weighted by Gasteiger charge is 2.21. The zero-order chi connectivity index (χ0) is 23.8. The van der Waals surface area contributed by atoms with Gasteiger partial charge in [-0.15, -0.1) is 0 Å². The summed E-state index contributed by atoms with van der Waals surface area (Å²) < 4.78 is 1.82. The van der Waals surface area contributed by atoms with E-state index in [1.54, 1.807) is 0 Å². The zero-order valence-corrected chi connectivity index (χ0v) is 20.6. The maximum Gasteiger partial charge on any atom is 0.180 e. The molecule has 2 saturated heterocycles. The molecule has 2 aliphatic heterocycles. The van der Waals surface area contributed by atoms with E-state index >= 15 is 0 Å². The van der Waals surface area contributed by atoms with E-state index in [0.717, 1.165) is 60.5 Å². The fourth-order valence-corrected chi connectivity index (χ4v) is 4.05. The molecule has 0 saturated carbocycles. The average Bonchev–Trinajstić information content (AvgIpc) is 3.59. The lowest BCUT2D eigenvalue weighted by Gasteiger charge is -2.21. The Morgan fingerprint density at radius 2 is 1.79 bits per heavy atom. The molecule has 2 aliphatic rings. The first-order valence-electron chi connectivity index (χ1n) is 12.1. The molecule has 2 aromatic heterocycles. The van der Waals surface area contributed by atoms with E-state index in [0.29, 0.717) is 0 Å². The quantitative estimate of drug-likeness (QED) is 0.606. The summed E-state index contributed by atoms with van der Waals surface area (Å²) in [5.41, 5.74) is 3.87. The average molecular weight is 444 g/mol. The van der Waals surface area contributed by atoms with Crippen LogP contribution in [0.3, 0.4) is 0 Å². The number of likely N-dealkylation sites (tertiary alicyclic amines) is 1. The minimum absolute atomic E-state index is 0.734. The molecule has 0 bridgehead atoms. The molecule has 1 atom stereocenters. The van der Waals surface area contributed by atoms with Crippen molar-refractivity contribution < 1.29 is 0 Å². The minimum atomic E-state index is 0.734. The molecule has 5 rings (SSSR count). The van der Waals surface area contributed by atoms with Crippen LogP contribution in [0.4, 0.5) is 11.5 Å². The van der Waals surface area contributed by atoms with E-state index < -0.39 is 0 Å². The van der Waals surface area contributed by atoms with Gasteiger partial charge in [-0.05, 0) is 38.2 Å². The van der Waals surface area contributed by atoms with Gasteiger partial charge >= 0.3 is 0 Å². The van der Waals surface area contributed by atoms with E-state index in [2.05, 4.69) is 33.7 Å². The molecule has 7 heteroatoms. The second-order valence-electron chi connectivity index (χ2n) is 8.63. The first kappa shape index (κ1) is 24.7. The van der Waals surface area contributed by atoms with Crippen LogP contribution < -0.4 is 15.7 Å². The number of hydrogen-bond acceptors (Lipinski definition) is 5. The van der Waals surface area contributed by atoms with Crippen LogP contribution in [0.1, 0.15) is 45.6 Å². The van der Waals surface area contributed by atoms with Gasteiger partial charge in [0.1, 0.15) is 19.4 Å². The van der Waals surface area contributed by atoms with Gasteiger partial charge < -0.3 is 15.1 Å². The number of nitrogens with zero attached hydrogens (tertiary/aromatic N) is 5. The Bertz CT molecular complexity index is 1000. The second kappa shape index (κ2) is 11.8. The SMILES string of the molecule is C=C(Nc1cnn2ccc(N3CCCC3)nc12)N1CCC(C)C1.CC.[B]c1ccc(C)cc1. The van der Waals surface area contributed by atoms with Crippen LogP contribution in [0.2, 0.25) is 0 Å². The number of rotatable bonds is 4. The molecule has 2 fully saturated rings. The molecule has 6 nitrogen and oxygen atoms in total. The van der Waals surface area contributed by atoms with Gasteiger partial charge in [-0.3, -0.25) is 0 Å². The van der Waals surface area contributed by atoms with Crippen molar-refractivity contribution in [3.05, 3.63) is 60.7 Å². The number of fused-ring (bicyclic) bond motifs is 1. The van der Waals surface area contributed by atoms with Gasteiger partial charge in [0.2, 0.25) is 0 Å². The van der Waals surface area contributed by atoms with Crippen molar-refractivity contribution in [1.82, 2.24) is 19.5 Å². The predicted octanol–water partition coefficient (Wildman–Crippen LogP) is 4.37. The van der Waals surface area contributed by atoms with Crippen LogP contribution in [0.15, 0.2) is 55.1 Å². The third-order valence-electron chi connectivity index (χ3n) is 5.95. The van der Waals surface area contributed by atoms with E-state index in [1.807, 2.05) is 68.0 Å². The molecule has 2 radical (unpaired) electrons. The van der Waals surface area contributed by atoms with Crippen molar-refractivity contribution >= 4 is 30.5 Å². The fraction of sp³-hybridized carbons (Fsp3) is 0.462. The van der Waals surface area contributed by atoms with Crippen molar-refractivity contribution in [3.63, 3.8) is 0 Å². The van der Waals surface area contributed by atoms with Crippen molar-refractivity contribution in [3.8, 4) is 0 Å². The molecular weight excluding hydrogens is 407 g/mol. The monoisotopic (exact) mass is 444 g/mol. The third-order valence-corrected chi connectivity index (χ3v) is 5.95. The molecule has 4 heterocycles. The van der Waals surface area contributed by atoms with E-state index in [1.165, 1.54) is 24.8 Å². The highest BCUT2D eigenvalue weighted by Crippen LogP contribution is 2.24. The van der Waals surface area contributed by atoms with Crippen molar-refractivity contribution in [2.24, 2.45) is 5.92 Å². The Hall–Kier alpha value is -2.96. The maximum atomic E-state index is 5.43. The van der Waals surface area contributed by atoms with E-state index in [9.17, 15) is 0 Å². The van der Waals surface area contributed by atoms with Crippen LogP contribution in [-0.2, 0) is 0 Å². The lowest BCUT2D eigenvalue weighted by molar-refractivity contribution is 0.416. The minimum Gasteiger partial charge on any atom is -0.358 e. The van der Waals surface area contributed by atoms with Crippen LogP contribution in [0.5, 0.6) is 0 Å². The first-order valence-corrected chi connectivity index (χ1v) is 12.1. The number of aryl methyl sites for hydroxylation is 1. The summed E-state index contributed by atoms with van der Waals surface area (Å²) in [6.07, 6.45) is 7.55. The van der Waals surface area contributed by atoms with Crippen LogP contribution in [0, 0.1) is 12.8 Å². The van der Waals surface area contributed by atoms with Gasteiger partial charge in [0.05, 0.1) is 12.0 Å². The van der Waals surface area contributed by atoms with Crippen molar-refractivity contribution in [2.45, 2.75) is 47.0 Å². The summed E-state index contributed by atoms with van der Waals surface area (Å²) in [6, 6.07) is 9.83. The molecule has 33 heavy (non-hydrogen) atoms. The topological polar surface area (TPSA) is 48.7 Å². The van der Waals surface area contributed by atoms with Gasteiger partial charge in [0.25, 0.3) is 0 Å². The normalized spacial score (nSPS) is 17.3. The highest BCUT2D eigenvalue weighted by atomic mass is 15.3. The molecule has 0 amide bonds. The Kier molecular flexibility index (Phi) is 8.81. The maximum absolute atomic E-state index is 5.43. The van der Waals surface area contributed by atoms with Crippen molar-refractivity contribution in [1.29, 1.82) is 0 Å². The van der Waals surface area contributed by atoms with Gasteiger partial charge in [0, 0.05) is 32.4 Å². The summed E-state index contributed by atoms with van der Waals surface area (Å²) in [4.78, 5) is 9.46. The first-order chi connectivity index (χ1) is 16.0. The largest absolute Gasteiger partial charge is 0.358 e. The van der Waals surface area contributed by atoms with E-state index in [4.69, 9.17) is 12.8 Å². The summed E-state index contributed by atoms with van der Waals surface area (Å²) in [5, 5.41) is 7.81. The van der Waals surface area contributed by atoms with Crippen LogP contribution >= 0.6 is 0 Å². The smallest absolute Gasteiger partial charge is 0.180 e. The number of hydrogen-bond donors (Lipinski definition) is 1. The summed E-state index contributed by atoms with van der Waals surface area (Å²) in [5.74, 6) is 2.72. The Labute approximate surface area is 200 Å². The predicted molar refractivity (Wildman–Crippen MR) is 140 cm³/mol. The second-order valence-corrected chi connectivity index (χ2v) is 8.63. The molecule has 0 spiro atoms. The Morgan fingerprint density at radius 1 is 1.09 bits per heavy atom. The van der Waals surface area contributed by atoms with Crippen LogP contribution in [-0.4, -0.2) is 53.5 Å². The van der Waals surface area contributed by atoms with Gasteiger partial charge in [0.15, 0.2) is 5.65 Å². The Balaban J connectivity index is 0.000000258. The molecule has 0 aliphatic carbocycles. The lowest BCUT2D eigenvalue weighted by Crippen LogP contribution is -2.24.